The Kier molecular flexibility index (Phi) is 6.72. The van der Waals surface area contributed by atoms with Gasteiger partial charge in [0, 0.05) is 12.4 Å². The molecule has 0 N–H and O–H groups in total. The number of aromatic nitrogens is 4. The quantitative estimate of drug-likeness (QED) is 0.163. The summed E-state index contributed by atoms with van der Waals surface area (Å²) >= 11 is 0. The van der Waals surface area contributed by atoms with E-state index in [1.165, 1.54) is 33.4 Å². The van der Waals surface area contributed by atoms with E-state index in [1.54, 1.807) is 0 Å². The molecule has 0 unspecified atom stereocenters. The van der Waals surface area contributed by atoms with Gasteiger partial charge >= 0.3 is 21.1 Å². The van der Waals surface area contributed by atoms with Crippen molar-refractivity contribution < 1.29 is 21.1 Å². The van der Waals surface area contributed by atoms with Crippen molar-refractivity contribution in [3.8, 4) is 11.1 Å². The van der Waals surface area contributed by atoms with E-state index in [9.17, 15) is 0 Å². The van der Waals surface area contributed by atoms with Crippen LogP contribution in [-0.4, -0.2) is 18.8 Å². The van der Waals surface area contributed by atoms with Gasteiger partial charge in [-0.1, -0.05) is 90.1 Å². The maximum Gasteiger partial charge on any atom is 2.00 e. The van der Waals surface area contributed by atoms with Crippen molar-refractivity contribution in [1.29, 1.82) is 0 Å². The Labute approximate surface area is 295 Å². The summed E-state index contributed by atoms with van der Waals surface area (Å²) in [5.74, 6) is 0. The molecule has 0 radical (unpaired) electrons. The minimum atomic E-state index is -0.770. The molecule has 0 saturated heterocycles. The first-order chi connectivity index (χ1) is 22.5. The first-order valence-corrected chi connectivity index (χ1v) is 16.4. The van der Waals surface area contributed by atoms with Crippen LogP contribution in [0.1, 0.15) is 75.2 Å². The molecule has 0 bridgehead atoms. The van der Waals surface area contributed by atoms with E-state index in [2.05, 4.69) is 148 Å². The molecule has 8 aromatic rings. The van der Waals surface area contributed by atoms with Gasteiger partial charge in [0.2, 0.25) is 0 Å². The molecule has 4 nitrogen and oxygen atoms in total. The van der Waals surface area contributed by atoms with E-state index in [-0.39, 0.29) is 31.9 Å². The zero-order chi connectivity index (χ0) is 32.3. The van der Waals surface area contributed by atoms with Crippen LogP contribution in [0.4, 0.5) is 0 Å². The normalized spacial score (nSPS) is 14.0. The third kappa shape index (κ3) is 4.31. The molecule has 0 spiro atoms. The molecule has 48 heavy (non-hydrogen) atoms. The largest absolute Gasteiger partial charge is 2.00 e. The van der Waals surface area contributed by atoms with Crippen molar-refractivity contribution in [2.24, 2.45) is 0 Å². The van der Waals surface area contributed by atoms with Crippen LogP contribution in [0, 0.1) is 12.1 Å². The maximum absolute atomic E-state index is 5.56. The predicted molar refractivity (Wildman–Crippen MR) is 191 cm³/mol. The van der Waals surface area contributed by atoms with Gasteiger partial charge in [-0.2, -0.15) is 0 Å². The smallest absolute Gasteiger partial charge is 0.347 e. The molecule has 1 aliphatic rings. The standard InChI is InChI=1S/C43H36N4.Pt/c1-41(2,3)29-15-17-33-34-18-16-30(42(4,5)6)24-36(34)43(35(33)23-29,37-25-46-21-19-27-11-7-9-13-31(27)39(46)44-37)38-26-47-22-20-28-12-8-10-14-32(28)40(47)45-38;/h7-12,15-26H,1-6H3;/q-2;+2. The summed E-state index contributed by atoms with van der Waals surface area (Å²) in [4.78, 5) is 11.1. The summed E-state index contributed by atoms with van der Waals surface area (Å²) in [6.07, 6.45) is 8.68. The van der Waals surface area contributed by atoms with Crippen LogP contribution in [0.25, 0.3) is 44.0 Å². The van der Waals surface area contributed by atoms with Crippen LogP contribution < -0.4 is 0 Å². The Hall–Kier alpha value is -4.53. The van der Waals surface area contributed by atoms with Crippen molar-refractivity contribution >= 4 is 32.8 Å². The number of pyridine rings is 2. The van der Waals surface area contributed by atoms with Crippen LogP contribution in [0.2, 0.25) is 0 Å². The van der Waals surface area contributed by atoms with Crippen LogP contribution in [0.3, 0.4) is 0 Å². The fourth-order valence-electron chi connectivity index (χ4n) is 7.57. The minimum Gasteiger partial charge on any atom is -0.347 e. The Morgan fingerprint density at radius 2 is 1.02 bits per heavy atom. The summed E-state index contributed by atoms with van der Waals surface area (Å²) in [7, 11) is 0. The summed E-state index contributed by atoms with van der Waals surface area (Å²) in [5, 5.41) is 4.27. The van der Waals surface area contributed by atoms with Gasteiger partial charge in [0.05, 0.1) is 22.7 Å². The number of hydrogen-bond acceptors (Lipinski definition) is 2. The monoisotopic (exact) mass is 803 g/mol. The summed E-state index contributed by atoms with van der Waals surface area (Å²) in [6, 6.07) is 37.6. The van der Waals surface area contributed by atoms with Crippen LogP contribution in [0.5, 0.6) is 0 Å². The summed E-state index contributed by atoms with van der Waals surface area (Å²) < 4.78 is 4.32. The third-order valence-electron chi connectivity index (χ3n) is 10.2. The molecule has 4 aromatic carbocycles. The van der Waals surface area contributed by atoms with Crippen molar-refractivity contribution in [2.75, 3.05) is 0 Å². The zero-order valence-corrected chi connectivity index (χ0v) is 30.3. The second kappa shape index (κ2) is 10.5. The van der Waals surface area contributed by atoms with Crippen LogP contribution in [-0.2, 0) is 37.3 Å². The van der Waals surface area contributed by atoms with E-state index >= 15 is 0 Å². The number of imidazole rings is 2. The third-order valence-corrected chi connectivity index (χ3v) is 10.2. The summed E-state index contributed by atoms with van der Waals surface area (Å²) in [5.41, 5.74) is 10.3. The first-order valence-electron chi connectivity index (χ1n) is 16.4. The average Bonchev–Trinajstić information content (AvgIpc) is 3.76. The predicted octanol–water partition coefficient (Wildman–Crippen LogP) is 9.84. The van der Waals surface area contributed by atoms with Gasteiger partial charge in [0.25, 0.3) is 0 Å². The molecule has 1 aliphatic carbocycles. The molecule has 0 saturated carbocycles. The fraction of sp³-hybridized carbons (Fsp3) is 0.209. The van der Waals surface area contributed by atoms with Gasteiger partial charge in [0.1, 0.15) is 5.41 Å². The fourth-order valence-corrected chi connectivity index (χ4v) is 7.57. The number of rotatable bonds is 2. The number of benzene rings is 4. The number of fused-ring (bicyclic) bond motifs is 9. The zero-order valence-electron chi connectivity index (χ0n) is 28.0. The van der Waals surface area contributed by atoms with Crippen molar-refractivity contribution in [3.05, 3.63) is 155 Å². The van der Waals surface area contributed by atoms with Gasteiger partial charge in [-0.3, -0.25) is 9.97 Å². The minimum absolute atomic E-state index is 0. The van der Waals surface area contributed by atoms with E-state index in [1.807, 2.05) is 24.3 Å². The van der Waals surface area contributed by atoms with E-state index in [0.29, 0.717) is 0 Å². The van der Waals surface area contributed by atoms with E-state index in [0.717, 1.165) is 44.2 Å². The van der Waals surface area contributed by atoms with Crippen molar-refractivity contribution in [1.82, 2.24) is 18.8 Å². The van der Waals surface area contributed by atoms with Crippen LogP contribution in [0.15, 0.2) is 110 Å². The Morgan fingerprint density at radius 1 is 0.583 bits per heavy atom. The molecular weight excluding hydrogens is 768 g/mol. The molecule has 0 aliphatic heterocycles. The maximum atomic E-state index is 5.56. The molecule has 238 valence electrons. The van der Waals surface area contributed by atoms with Gasteiger partial charge < -0.3 is 8.80 Å². The Bertz CT molecular complexity index is 2380. The number of hydrogen-bond donors (Lipinski definition) is 0. The van der Waals surface area contributed by atoms with E-state index in [4.69, 9.17) is 9.97 Å². The second-order valence-corrected chi connectivity index (χ2v) is 15.1. The van der Waals surface area contributed by atoms with Gasteiger partial charge in [-0.05, 0) is 56.6 Å². The number of nitrogens with zero attached hydrogens (tertiary/aromatic N) is 4. The first kappa shape index (κ1) is 30.8. The molecule has 5 heteroatoms. The van der Waals surface area contributed by atoms with Gasteiger partial charge in [-0.15, -0.1) is 70.1 Å². The SMILES string of the molecule is CC(C)(C)c1ccc2c(c1)C(c1cn3ccc4ccc[c-]c4c3n1)(c1cn3ccc4ccc[c-]c4c3n1)c1cc(C(C)(C)C)ccc1-2.[Pt+2]. The molecule has 4 heterocycles. The van der Waals surface area contributed by atoms with Gasteiger partial charge in [0.15, 0.2) is 0 Å². The van der Waals surface area contributed by atoms with Gasteiger partial charge in [-0.25, -0.2) is 0 Å². The Morgan fingerprint density at radius 3 is 1.44 bits per heavy atom. The molecule has 4 aromatic heterocycles. The van der Waals surface area contributed by atoms with Crippen molar-refractivity contribution in [3.63, 3.8) is 0 Å². The molecule has 0 atom stereocenters. The molecule has 9 rings (SSSR count). The summed E-state index contributed by atoms with van der Waals surface area (Å²) in [6.45, 7) is 13.7. The Balaban J connectivity index is 0.00000336. The molecular formula is C43H36N4Pt. The second-order valence-electron chi connectivity index (χ2n) is 15.1. The molecule has 0 fully saturated rings. The van der Waals surface area contributed by atoms with Crippen LogP contribution >= 0.6 is 0 Å². The average molecular weight is 804 g/mol. The molecule has 0 amide bonds. The van der Waals surface area contributed by atoms with Crippen molar-refractivity contribution in [2.45, 2.75) is 57.8 Å². The topological polar surface area (TPSA) is 34.6 Å². The van der Waals surface area contributed by atoms with E-state index < -0.39 is 5.41 Å².